The van der Waals surface area contributed by atoms with E-state index in [2.05, 4.69) is 9.69 Å². The third kappa shape index (κ3) is 2.53. The molecule has 7 nitrogen and oxygen atoms in total. The van der Waals surface area contributed by atoms with Gasteiger partial charge in [-0.05, 0) is 36.5 Å². The highest BCUT2D eigenvalue weighted by atomic mass is 32.1. The summed E-state index contributed by atoms with van der Waals surface area (Å²) in [7, 11) is 0. The maximum absolute atomic E-state index is 14.8. The number of hydrogen-bond acceptors (Lipinski definition) is 5. The molecule has 0 atom stereocenters. The molecule has 3 heterocycles. The molecule has 0 bridgehead atoms. The number of halogens is 1. The fraction of sp³-hybridized carbons (Fsp3) is 0.389. The molecule has 1 saturated heterocycles. The molecule has 1 aromatic carbocycles. The van der Waals surface area contributed by atoms with E-state index in [4.69, 9.17) is 0 Å². The van der Waals surface area contributed by atoms with Crippen LogP contribution in [0, 0.1) is 5.82 Å². The van der Waals surface area contributed by atoms with Crippen LogP contribution in [0.5, 0.6) is 0 Å². The first kappa shape index (κ1) is 16.6. The summed E-state index contributed by atoms with van der Waals surface area (Å²) < 4.78 is 19.3. The van der Waals surface area contributed by atoms with Crippen molar-refractivity contribution in [2.45, 2.75) is 18.9 Å². The molecule has 3 aromatic rings. The molecule has 27 heavy (non-hydrogen) atoms. The standard InChI is InChI=1S/C18H17FN4O3S/c19-12-7-11-13(8-10(12)17(26)22-5-3-20-4-6-22)23(9-1-2-9)18-14(15(11)24)16(25)21-27-18/h7-9,20H,1-6H2,(H,21,25). The van der Waals surface area contributed by atoms with Crippen LogP contribution in [0.1, 0.15) is 29.2 Å². The Morgan fingerprint density at radius 3 is 2.63 bits per heavy atom. The Kier molecular flexibility index (Phi) is 3.70. The molecular weight excluding hydrogens is 371 g/mol. The van der Waals surface area contributed by atoms with Crippen molar-refractivity contribution in [3.8, 4) is 0 Å². The molecule has 1 aliphatic carbocycles. The van der Waals surface area contributed by atoms with Gasteiger partial charge in [0.1, 0.15) is 16.0 Å². The van der Waals surface area contributed by atoms with Crippen molar-refractivity contribution in [2.75, 3.05) is 26.2 Å². The van der Waals surface area contributed by atoms with Crippen molar-refractivity contribution in [2.24, 2.45) is 0 Å². The summed E-state index contributed by atoms with van der Waals surface area (Å²) in [5, 5.41) is 3.38. The van der Waals surface area contributed by atoms with Gasteiger partial charge >= 0.3 is 0 Å². The predicted octanol–water partition coefficient (Wildman–Crippen LogP) is 1.42. The molecule has 2 aromatic heterocycles. The van der Waals surface area contributed by atoms with Crippen LogP contribution in [-0.2, 0) is 0 Å². The van der Waals surface area contributed by atoms with Gasteiger partial charge in [-0.2, -0.15) is 0 Å². The number of fused-ring (bicyclic) bond motifs is 2. The lowest BCUT2D eigenvalue weighted by Crippen LogP contribution is -2.46. The topological polar surface area (TPSA) is 87.2 Å². The molecule has 5 rings (SSSR count). The smallest absolute Gasteiger partial charge is 0.271 e. The van der Waals surface area contributed by atoms with Crippen LogP contribution in [0.25, 0.3) is 21.1 Å². The molecule has 1 amide bonds. The third-order valence-corrected chi connectivity index (χ3v) is 6.14. The van der Waals surface area contributed by atoms with Gasteiger partial charge < -0.3 is 14.8 Å². The first-order valence-corrected chi connectivity index (χ1v) is 9.77. The van der Waals surface area contributed by atoms with Crippen molar-refractivity contribution in [3.05, 3.63) is 44.1 Å². The van der Waals surface area contributed by atoms with Crippen molar-refractivity contribution in [3.63, 3.8) is 0 Å². The van der Waals surface area contributed by atoms with E-state index in [1.165, 1.54) is 6.07 Å². The Morgan fingerprint density at radius 2 is 1.93 bits per heavy atom. The van der Waals surface area contributed by atoms with E-state index in [0.717, 1.165) is 30.4 Å². The van der Waals surface area contributed by atoms with Gasteiger partial charge in [0.05, 0.1) is 11.1 Å². The molecule has 0 unspecified atom stereocenters. The summed E-state index contributed by atoms with van der Waals surface area (Å²) in [5.41, 5.74) is -0.442. The fourth-order valence-corrected chi connectivity index (χ4v) is 4.67. The summed E-state index contributed by atoms with van der Waals surface area (Å²) in [5.74, 6) is -1.09. The van der Waals surface area contributed by atoms with E-state index in [0.29, 0.717) is 36.5 Å². The summed E-state index contributed by atoms with van der Waals surface area (Å²) in [6, 6.07) is 2.76. The van der Waals surface area contributed by atoms with Crippen molar-refractivity contribution >= 4 is 38.6 Å². The second-order valence-corrected chi connectivity index (χ2v) is 7.83. The number of amides is 1. The second kappa shape index (κ2) is 6.00. The Labute approximate surface area is 156 Å². The van der Waals surface area contributed by atoms with Crippen molar-refractivity contribution in [1.82, 2.24) is 19.2 Å². The highest BCUT2D eigenvalue weighted by Gasteiger charge is 2.30. The number of aromatic amines is 1. The molecule has 140 valence electrons. The number of benzene rings is 1. The van der Waals surface area contributed by atoms with E-state index < -0.39 is 16.8 Å². The minimum Gasteiger partial charge on any atom is -0.336 e. The minimum absolute atomic E-state index is 0.0274. The number of H-pyrrole nitrogens is 1. The lowest BCUT2D eigenvalue weighted by molar-refractivity contribution is 0.0731. The number of pyridine rings is 1. The molecule has 0 spiro atoms. The number of nitrogens with zero attached hydrogens (tertiary/aromatic N) is 2. The van der Waals surface area contributed by atoms with E-state index in [9.17, 15) is 18.8 Å². The molecule has 9 heteroatoms. The summed E-state index contributed by atoms with van der Waals surface area (Å²) in [6.07, 6.45) is 1.86. The third-order valence-electron chi connectivity index (χ3n) is 5.26. The predicted molar refractivity (Wildman–Crippen MR) is 101 cm³/mol. The Hall–Kier alpha value is -2.52. The van der Waals surface area contributed by atoms with Crippen molar-refractivity contribution < 1.29 is 9.18 Å². The summed E-state index contributed by atoms with van der Waals surface area (Å²) >= 11 is 1.11. The first-order valence-electron chi connectivity index (χ1n) is 8.95. The Balaban J connectivity index is 1.78. The van der Waals surface area contributed by atoms with E-state index in [1.807, 2.05) is 4.57 Å². The van der Waals surface area contributed by atoms with Crippen LogP contribution in [0.2, 0.25) is 0 Å². The van der Waals surface area contributed by atoms with Gasteiger partial charge in [0.15, 0.2) is 0 Å². The quantitative estimate of drug-likeness (QED) is 0.695. The minimum atomic E-state index is -0.725. The Bertz CT molecular complexity index is 1200. The molecule has 2 aliphatic rings. The van der Waals surface area contributed by atoms with Gasteiger partial charge in [-0.3, -0.25) is 18.8 Å². The van der Waals surface area contributed by atoms with Crippen molar-refractivity contribution in [1.29, 1.82) is 0 Å². The maximum Gasteiger partial charge on any atom is 0.271 e. The zero-order valence-corrected chi connectivity index (χ0v) is 15.2. The van der Waals surface area contributed by atoms with Gasteiger partial charge in [-0.15, -0.1) is 0 Å². The van der Waals surface area contributed by atoms with Crippen LogP contribution in [0.3, 0.4) is 0 Å². The average molecular weight is 388 g/mol. The van der Waals surface area contributed by atoms with Crippen LogP contribution in [-0.4, -0.2) is 45.9 Å². The fourth-order valence-electron chi connectivity index (χ4n) is 3.75. The Morgan fingerprint density at radius 1 is 1.19 bits per heavy atom. The van der Waals surface area contributed by atoms with Gasteiger partial charge in [-0.25, -0.2) is 4.39 Å². The normalized spacial score (nSPS) is 17.7. The van der Waals surface area contributed by atoms with E-state index >= 15 is 0 Å². The number of carbonyl (C=O) groups is 1. The first-order chi connectivity index (χ1) is 13.1. The number of nitrogens with one attached hydrogen (secondary N) is 2. The molecular formula is C18H17FN4O3S. The summed E-state index contributed by atoms with van der Waals surface area (Å²) in [6.45, 7) is 2.38. The highest BCUT2D eigenvalue weighted by molar-refractivity contribution is 7.12. The van der Waals surface area contributed by atoms with Crippen LogP contribution in [0.4, 0.5) is 4.39 Å². The van der Waals surface area contributed by atoms with E-state index in [1.54, 1.807) is 4.90 Å². The number of rotatable bonds is 2. The highest BCUT2D eigenvalue weighted by Crippen LogP contribution is 2.40. The number of carbonyl (C=O) groups excluding carboxylic acids is 1. The lowest BCUT2D eigenvalue weighted by Gasteiger charge is -2.27. The zero-order valence-electron chi connectivity index (χ0n) is 14.4. The second-order valence-electron chi connectivity index (χ2n) is 7.04. The zero-order chi connectivity index (χ0) is 18.7. The average Bonchev–Trinajstić information content (AvgIpc) is 3.44. The number of piperazine rings is 1. The van der Waals surface area contributed by atoms with Gasteiger partial charge in [0.25, 0.3) is 11.5 Å². The van der Waals surface area contributed by atoms with Crippen LogP contribution >= 0.6 is 11.5 Å². The number of aromatic nitrogens is 2. The monoisotopic (exact) mass is 388 g/mol. The molecule has 0 radical (unpaired) electrons. The lowest BCUT2D eigenvalue weighted by atomic mass is 10.1. The van der Waals surface area contributed by atoms with Crippen LogP contribution in [0.15, 0.2) is 21.7 Å². The van der Waals surface area contributed by atoms with Gasteiger partial charge in [0, 0.05) is 37.6 Å². The largest absolute Gasteiger partial charge is 0.336 e. The molecule has 2 fully saturated rings. The van der Waals surface area contributed by atoms with Crippen LogP contribution < -0.4 is 16.3 Å². The maximum atomic E-state index is 14.8. The summed E-state index contributed by atoms with van der Waals surface area (Å²) in [4.78, 5) is 39.9. The molecule has 1 saturated carbocycles. The van der Waals surface area contributed by atoms with Gasteiger partial charge in [-0.1, -0.05) is 0 Å². The van der Waals surface area contributed by atoms with E-state index in [-0.39, 0.29) is 28.3 Å². The molecule has 1 aliphatic heterocycles. The van der Waals surface area contributed by atoms with Gasteiger partial charge in [0.2, 0.25) is 5.43 Å². The number of hydrogen-bond donors (Lipinski definition) is 2. The SMILES string of the molecule is O=C(c1cc2c(cc1F)c(=O)c1c(=O)[nH]sc1n2C1CC1)N1CCNCC1. The molecule has 2 N–H and O–H groups in total.